The fourth-order valence-electron chi connectivity index (χ4n) is 3.82. The second kappa shape index (κ2) is 7.20. The van der Waals surface area contributed by atoms with Gasteiger partial charge in [-0.05, 0) is 55.2 Å². The summed E-state index contributed by atoms with van der Waals surface area (Å²) >= 11 is 1.85. The van der Waals surface area contributed by atoms with E-state index < -0.39 is 10.0 Å². The van der Waals surface area contributed by atoms with Crippen LogP contribution in [-0.4, -0.2) is 47.4 Å². The summed E-state index contributed by atoms with van der Waals surface area (Å²) in [5, 5.41) is 0. The zero-order valence-electron chi connectivity index (χ0n) is 15.6. The molecule has 2 aliphatic heterocycles. The third-order valence-corrected chi connectivity index (χ3v) is 8.49. The summed E-state index contributed by atoms with van der Waals surface area (Å²) < 4.78 is 33.5. The molecular formula is C20H24N2O3S2. The van der Waals surface area contributed by atoms with Crippen molar-refractivity contribution in [1.82, 2.24) is 9.29 Å². The lowest BCUT2D eigenvalue weighted by molar-refractivity contribution is 0.0396. The van der Waals surface area contributed by atoms with Crippen LogP contribution in [0.5, 0.6) is 0 Å². The van der Waals surface area contributed by atoms with Crippen molar-refractivity contribution in [1.29, 1.82) is 0 Å². The fourth-order valence-corrected chi connectivity index (χ4v) is 7.34. The Balaban J connectivity index is 1.36. The molecule has 7 heteroatoms. The lowest BCUT2D eigenvalue weighted by atomic mass is 9.95. The molecule has 5 nitrogen and oxygen atoms in total. The third kappa shape index (κ3) is 3.92. The Morgan fingerprint density at radius 1 is 1.26 bits per heavy atom. The molecule has 0 aliphatic carbocycles. The van der Waals surface area contributed by atoms with Crippen molar-refractivity contribution < 1.29 is 13.2 Å². The van der Waals surface area contributed by atoms with Gasteiger partial charge in [0.05, 0.1) is 17.6 Å². The van der Waals surface area contributed by atoms with Crippen molar-refractivity contribution in [2.75, 3.05) is 18.8 Å². The largest absolute Gasteiger partial charge is 0.373 e. The molecule has 0 amide bonds. The van der Waals surface area contributed by atoms with Gasteiger partial charge in [0.1, 0.15) is 0 Å². The van der Waals surface area contributed by atoms with Crippen molar-refractivity contribution in [3.63, 3.8) is 0 Å². The van der Waals surface area contributed by atoms with Gasteiger partial charge in [-0.3, -0.25) is 4.98 Å². The highest BCUT2D eigenvalue weighted by Gasteiger charge is 2.53. The zero-order valence-corrected chi connectivity index (χ0v) is 17.2. The van der Waals surface area contributed by atoms with Gasteiger partial charge in [-0.1, -0.05) is 12.1 Å². The summed E-state index contributed by atoms with van der Waals surface area (Å²) in [5.74, 6) is 0.914. The number of pyridine rings is 1. The molecule has 2 saturated heterocycles. The Morgan fingerprint density at radius 3 is 2.67 bits per heavy atom. The van der Waals surface area contributed by atoms with Crippen LogP contribution >= 0.6 is 11.8 Å². The highest BCUT2D eigenvalue weighted by atomic mass is 32.2. The van der Waals surface area contributed by atoms with Crippen molar-refractivity contribution in [2.24, 2.45) is 0 Å². The van der Waals surface area contributed by atoms with E-state index in [0.29, 0.717) is 24.6 Å². The van der Waals surface area contributed by atoms with E-state index in [9.17, 15) is 8.42 Å². The lowest BCUT2D eigenvalue weighted by Crippen LogP contribution is -2.60. The minimum atomic E-state index is -3.41. The molecule has 4 rings (SSSR count). The standard InChI is InChI=1S/C20H24N2O3S2/c1-15-6-16(2)8-19(7-15)27(23,24)22-13-20(14-22)9-18(12-26-20)25-11-17-4-3-5-21-10-17/h3-8,10,18H,9,11-14H2,1-2H3. The van der Waals surface area contributed by atoms with Gasteiger partial charge >= 0.3 is 0 Å². The fraction of sp³-hybridized carbons (Fsp3) is 0.450. The first-order valence-corrected chi connectivity index (χ1v) is 11.5. The van der Waals surface area contributed by atoms with Gasteiger partial charge in [0.2, 0.25) is 10.0 Å². The number of rotatable bonds is 5. The molecule has 0 bridgehead atoms. The number of benzene rings is 1. The number of hydrogen-bond acceptors (Lipinski definition) is 5. The zero-order chi connectivity index (χ0) is 19.1. The average Bonchev–Trinajstić information content (AvgIpc) is 3.04. The molecule has 2 fully saturated rings. The number of hydrogen-bond donors (Lipinski definition) is 0. The Hall–Kier alpha value is -1.41. The number of nitrogens with zero attached hydrogens (tertiary/aromatic N) is 2. The molecule has 3 heterocycles. The van der Waals surface area contributed by atoms with Crippen LogP contribution in [0.4, 0.5) is 0 Å². The lowest BCUT2D eigenvalue weighted by Gasteiger charge is -2.46. The van der Waals surface area contributed by atoms with Gasteiger partial charge in [0.15, 0.2) is 0 Å². The summed E-state index contributed by atoms with van der Waals surface area (Å²) in [6.45, 7) is 5.56. The summed E-state index contributed by atoms with van der Waals surface area (Å²) in [6, 6.07) is 9.43. The van der Waals surface area contributed by atoms with E-state index >= 15 is 0 Å². The summed E-state index contributed by atoms with van der Waals surface area (Å²) in [5.41, 5.74) is 3.02. The monoisotopic (exact) mass is 404 g/mol. The number of ether oxygens (including phenoxy) is 1. The molecule has 1 spiro atoms. The van der Waals surface area contributed by atoms with Crippen LogP contribution in [0.25, 0.3) is 0 Å². The van der Waals surface area contributed by atoms with E-state index in [1.165, 1.54) is 0 Å². The number of thioether (sulfide) groups is 1. The first kappa shape index (κ1) is 18.9. The predicted molar refractivity (Wildman–Crippen MR) is 107 cm³/mol. The summed E-state index contributed by atoms with van der Waals surface area (Å²) in [6.07, 6.45) is 4.64. The Morgan fingerprint density at radius 2 is 2.00 bits per heavy atom. The van der Waals surface area contributed by atoms with E-state index in [0.717, 1.165) is 28.9 Å². The molecule has 0 N–H and O–H groups in total. The van der Waals surface area contributed by atoms with E-state index in [-0.39, 0.29) is 10.9 Å². The summed E-state index contributed by atoms with van der Waals surface area (Å²) in [7, 11) is -3.41. The quantitative estimate of drug-likeness (QED) is 0.766. The SMILES string of the molecule is Cc1cc(C)cc(S(=O)(=O)N2CC3(CC(OCc4cccnc4)CS3)C2)c1. The predicted octanol–water partition coefficient (Wildman–Crippen LogP) is 3.16. The molecule has 0 saturated carbocycles. The normalized spacial score (nSPS) is 22.1. The molecule has 1 aromatic carbocycles. The van der Waals surface area contributed by atoms with Crippen LogP contribution in [0.2, 0.25) is 0 Å². The number of aromatic nitrogens is 1. The molecular weight excluding hydrogens is 380 g/mol. The van der Waals surface area contributed by atoms with E-state index in [4.69, 9.17) is 4.74 Å². The van der Waals surface area contributed by atoms with E-state index in [1.807, 2.05) is 50.0 Å². The minimum Gasteiger partial charge on any atom is -0.373 e. The van der Waals surface area contributed by atoms with Gasteiger partial charge in [0.25, 0.3) is 0 Å². The van der Waals surface area contributed by atoms with Gasteiger partial charge in [0, 0.05) is 36.0 Å². The van der Waals surface area contributed by atoms with Crippen molar-refractivity contribution in [3.05, 3.63) is 59.4 Å². The van der Waals surface area contributed by atoms with Crippen molar-refractivity contribution >= 4 is 21.8 Å². The van der Waals surface area contributed by atoms with E-state index in [2.05, 4.69) is 4.98 Å². The molecule has 2 aromatic rings. The van der Waals surface area contributed by atoms with Crippen molar-refractivity contribution in [3.8, 4) is 0 Å². The van der Waals surface area contributed by atoms with Gasteiger partial charge in [-0.25, -0.2) is 8.42 Å². The molecule has 144 valence electrons. The first-order valence-electron chi connectivity index (χ1n) is 9.09. The second-order valence-corrected chi connectivity index (χ2v) is 11.0. The molecule has 27 heavy (non-hydrogen) atoms. The average molecular weight is 405 g/mol. The Kier molecular flexibility index (Phi) is 5.05. The topological polar surface area (TPSA) is 59.5 Å². The molecule has 1 atom stereocenters. The van der Waals surface area contributed by atoms with Crippen molar-refractivity contribution in [2.45, 2.75) is 42.6 Å². The third-order valence-electron chi connectivity index (χ3n) is 5.15. The van der Waals surface area contributed by atoms with Crippen LogP contribution in [0, 0.1) is 13.8 Å². The number of sulfonamides is 1. The highest BCUT2D eigenvalue weighted by molar-refractivity contribution is 8.01. The van der Waals surface area contributed by atoms with Crippen LogP contribution in [0.1, 0.15) is 23.1 Å². The van der Waals surface area contributed by atoms with Crippen LogP contribution in [0.3, 0.4) is 0 Å². The molecule has 0 radical (unpaired) electrons. The van der Waals surface area contributed by atoms with Crippen LogP contribution in [0.15, 0.2) is 47.6 Å². The van der Waals surface area contributed by atoms with Gasteiger partial charge < -0.3 is 4.74 Å². The highest BCUT2D eigenvalue weighted by Crippen LogP contribution is 2.47. The first-order chi connectivity index (χ1) is 12.9. The summed E-state index contributed by atoms with van der Waals surface area (Å²) in [4.78, 5) is 4.51. The minimum absolute atomic E-state index is 0.00550. The molecule has 1 unspecified atom stereocenters. The van der Waals surface area contributed by atoms with Gasteiger partial charge in [-0.2, -0.15) is 4.31 Å². The molecule has 2 aliphatic rings. The van der Waals surface area contributed by atoms with Crippen LogP contribution < -0.4 is 0 Å². The van der Waals surface area contributed by atoms with Gasteiger partial charge in [-0.15, -0.1) is 11.8 Å². The number of aryl methyl sites for hydroxylation is 2. The Labute approximate surface area is 165 Å². The molecule has 1 aromatic heterocycles. The smallest absolute Gasteiger partial charge is 0.243 e. The maximum Gasteiger partial charge on any atom is 0.243 e. The van der Waals surface area contributed by atoms with E-state index in [1.54, 1.807) is 22.6 Å². The maximum absolute atomic E-state index is 12.9. The Bertz CT molecular complexity index is 905. The second-order valence-electron chi connectivity index (χ2n) is 7.59. The maximum atomic E-state index is 12.9. The van der Waals surface area contributed by atoms with Crippen LogP contribution in [-0.2, 0) is 21.4 Å².